The van der Waals surface area contributed by atoms with Gasteiger partial charge in [-0.2, -0.15) is 0 Å². The maximum absolute atomic E-state index is 12.0. The molecule has 2 rings (SSSR count). The Morgan fingerprint density at radius 2 is 1.94 bits per heavy atom. The van der Waals surface area contributed by atoms with E-state index in [2.05, 4.69) is 4.98 Å². The van der Waals surface area contributed by atoms with E-state index in [1.54, 1.807) is 18.3 Å². The number of aromatic nitrogens is 1. The Kier molecular flexibility index (Phi) is 3.39. The van der Waals surface area contributed by atoms with Crippen molar-refractivity contribution in [3.63, 3.8) is 0 Å². The molecular weight excluding hydrogens is 252 g/mol. The number of hydrogen-bond donors (Lipinski definition) is 0. The summed E-state index contributed by atoms with van der Waals surface area (Å²) in [6, 6.07) is 3.33. The quantitative estimate of drug-likeness (QED) is 0.773. The van der Waals surface area contributed by atoms with Crippen LogP contribution in [-0.2, 0) is 16.1 Å². The van der Waals surface area contributed by atoms with E-state index in [0.29, 0.717) is 23.6 Å². The number of pyridine rings is 1. The summed E-state index contributed by atoms with van der Waals surface area (Å²) < 4.78 is 0. The van der Waals surface area contributed by atoms with Crippen LogP contribution in [0.4, 0.5) is 0 Å². The molecule has 1 aromatic heterocycles. The second kappa shape index (κ2) is 4.69. The maximum Gasteiger partial charge on any atom is 0.230 e. The minimum absolute atomic E-state index is 0.141. The zero-order valence-electron chi connectivity index (χ0n) is 10.4. The summed E-state index contributed by atoms with van der Waals surface area (Å²) in [5, 5.41) is 0.553. The summed E-state index contributed by atoms with van der Waals surface area (Å²) in [7, 11) is 0. The van der Waals surface area contributed by atoms with Gasteiger partial charge in [-0.25, -0.2) is 0 Å². The van der Waals surface area contributed by atoms with Crippen molar-refractivity contribution in [1.29, 1.82) is 0 Å². The predicted molar refractivity (Wildman–Crippen MR) is 67.8 cm³/mol. The molecule has 1 aliphatic heterocycles. The van der Waals surface area contributed by atoms with E-state index < -0.39 is 0 Å². The molecule has 1 aromatic rings. The van der Waals surface area contributed by atoms with Gasteiger partial charge in [0.15, 0.2) is 0 Å². The van der Waals surface area contributed by atoms with Crippen molar-refractivity contribution < 1.29 is 9.59 Å². The summed E-state index contributed by atoms with van der Waals surface area (Å²) in [6.07, 6.45) is 2.35. The first kappa shape index (κ1) is 13.0. The number of carbonyl (C=O) groups is 2. The van der Waals surface area contributed by atoms with Gasteiger partial charge in [-0.1, -0.05) is 25.4 Å². The molecule has 0 radical (unpaired) electrons. The number of piperidine rings is 1. The Labute approximate surface area is 111 Å². The number of nitrogens with zero attached hydrogens (tertiary/aromatic N) is 2. The van der Waals surface area contributed by atoms with E-state index in [1.807, 2.05) is 13.8 Å². The second-order valence-corrected chi connectivity index (χ2v) is 5.79. The fraction of sp³-hybridized carbons (Fsp3) is 0.462. The summed E-state index contributed by atoms with van der Waals surface area (Å²) in [6.45, 7) is 4.06. The first-order valence-electron chi connectivity index (χ1n) is 5.81. The van der Waals surface area contributed by atoms with E-state index in [1.165, 1.54) is 4.90 Å². The highest BCUT2D eigenvalue weighted by Crippen LogP contribution is 2.32. The molecular formula is C13H15ClN2O2. The largest absolute Gasteiger partial charge is 0.277 e. The summed E-state index contributed by atoms with van der Waals surface area (Å²) in [5.41, 5.74) is 0.385. The molecule has 1 fully saturated rings. The van der Waals surface area contributed by atoms with Crippen LogP contribution in [0, 0.1) is 5.41 Å². The Bertz CT molecular complexity index is 480. The Hall–Kier alpha value is -1.42. The van der Waals surface area contributed by atoms with Gasteiger partial charge >= 0.3 is 0 Å². The Morgan fingerprint density at radius 1 is 1.33 bits per heavy atom. The first-order valence-corrected chi connectivity index (χ1v) is 6.19. The van der Waals surface area contributed by atoms with E-state index in [4.69, 9.17) is 11.6 Å². The van der Waals surface area contributed by atoms with Crippen molar-refractivity contribution in [1.82, 2.24) is 9.88 Å². The molecule has 5 heteroatoms. The lowest BCUT2D eigenvalue weighted by Gasteiger charge is -2.34. The van der Waals surface area contributed by atoms with Crippen molar-refractivity contribution in [2.45, 2.75) is 33.2 Å². The summed E-state index contributed by atoms with van der Waals surface area (Å²) in [5.74, 6) is -0.281. The van der Waals surface area contributed by atoms with Gasteiger partial charge in [0.25, 0.3) is 0 Å². The summed E-state index contributed by atoms with van der Waals surface area (Å²) >= 11 is 5.85. The van der Waals surface area contributed by atoms with Crippen molar-refractivity contribution in [2.75, 3.05) is 0 Å². The van der Waals surface area contributed by atoms with Gasteiger partial charge in [0.2, 0.25) is 11.8 Å². The van der Waals surface area contributed by atoms with Gasteiger partial charge in [0.1, 0.15) is 0 Å². The zero-order valence-corrected chi connectivity index (χ0v) is 11.2. The predicted octanol–water partition coefficient (Wildman–Crippen LogP) is 2.41. The van der Waals surface area contributed by atoms with Crippen LogP contribution in [0.25, 0.3) is 0 Å². The smallest absolute Gasteiger partial charge is 0.230 e. The van der Waals surface area contributed by atoms with Gasteiger partial charge in [0, 0.05) is 24.1 Å². The highest BCUT2D eigenvalue weighted by Gasteiger charge is 2.37. The van der Waals surface area contributed by atoms with Crippen LogP contribution >= 0.6 is 11.6 Å². The monoisotopic (exact) mass is 266 g/mol. The molecule has 0 unspecified atom stereocenters. The lowest BCUT2D eigenvalue weighted by molar-refractivity contribution is -0.153. The van der Waals surface area contributed by atoms with Gasteiger partial charge in [-0.15, -0.1) is 0 Å². The molecule has 2 heterocycles. The lowest BCUT2D eigenvalue weighted by Crippen LogP contribution is -2.45. The Morgan fingerprint density at radius 3 is 2.50 bits per heavy atom. The molecule has 0 saturated carbocycles. The average molecular weight is 267 g/mol. The highest BCUT2D eigenvalue weighted by molar-refractivity contribution is 6.30. The first-order chi connectivity index (χ1) is 8.37. The van der Waals surface area contributed by atoms with Crippen LogP contribution in [0.3, 0.4) is 0 Å². The van der Waals surface area contributed by atoms with Gasteiger partial charge < -0.3 is 0 Å². The van der Waals surface area contributed by atoms with E-state index >= 15 is 0 Å². The third-order valence-corrected chi connectivity index (χ3v) is 3.20. The van der Waals surface area contributed by atoms with Gasteiger partial charge in [0.05, 0.1) is 12.2 Å². The lowest BCUT2D eigenvalue weighted by atomic mass is 9.82. The fourth-order valence-corrected chi connectivity index (χ4v) is 2.27. The minimum Gasteiger partial charge on any atom is -0.277 e. The summed E-state index contributed by atoms with van der Waals surface area (Å²) in [4.78, 5) is 29.3. The van der Waals surface area contributed by atoms with Crippen LogP contribution < -0.4 is 0 Å². The Balaban J connectivity index is 2.15. The van der Waals surface area contributed by atoms with Crippen LogP contribution in [0.1, 0.15) is 32.4 Å². The number of rotatable bonds is 2. The van der Waals surface area contributed by atoms with Crippen molar-refractivity contribution in [2.24, 2.45) is 5.41 Å². The molecule has 0 spiro atoms. The normalized spacial score (nSPS) is 19.2. The third-order valence-electron chi connectivity index (χ3n) is 2.96. The van der Waals surface area contributed by atoms with E-state index in [0.717, 1.165) is 0 Å². The molecule has 96 valence electrons. The van der Waals surface area contributed by atoms with Crippen LogP contribution in [-0.4, -0.2) is 21.7 Å². The van der Waals surface area contributed by atoms with Gasteiger partial charge in [-0.3, -0.25) is 19.5 Å². The van der Waals surface area contributed by atoms with Gasteiger partial charge in [-0.05, 0) is 17.5 Å². The zero-order chi connectivity index (χ0) is 13.3. The molecule has 1 aliphatic rings. The molecule has 1 saturated heterocycles. The number of imide groups is 1. The molecule has 0 N–H and O–H groups in total. The van der Waals surface area contributed by atoms with Crippen LogP contribution in [0.2, 0.25) is 5.02 Å². The highest BCUT2D eigenvalue weighted by atomic mass is 35.5. The van der Waals surface area contributed by atoms with E-state index in [-0.39, 0.29) is 23.8 Å². The fourth-order valence-electron chi connectivity index (χ4n) is 2.08. The molecule has 4 nitrogen and oxygen atoms in total. The number of halogens is 1. The molecule has 0 bridgehead atoms. The maximum atomic E-state index is 12.0. The number of carbonyl (C=O) groups excluding carboxylic acids is 2. The van der Waals surface area contributed by atoms with Crippen molar-refractivity contribution in [3.8, 4) is 0 Å². The minimum atomic E-state index is -0.244. The topological polar surface area (TPSA) is 50.3 Å². The molecule has 18 heavy (non-hydrogen) atoms. The van der Waals surface area contributed by atoms with E-state index in [9.17, 15) is 9.59 Å². The second-order valence-electron chi connectivity index (χ2n) is 5.36. The number of amides is 2. The number of hydrogen-bond acceptors (Lipinski definition) is 3. The third kappa shape index (κ3) is 2.88. The van der Waals surface area contributed by atoms with Crippen LogP contribution in [0.5, 0.6) is 0 Å². The van der Waals surface area contributed by atoms with Crippen molar-refractivity contribution in [3.05, 3.63) is 29.0 Å². The molecule has 2 amide bonds. The average Bonchev–Trinajstić information content (AvgIpc) is 2.22. The molecule has 0 aromatic carbocycles. The van der Waals surface area contributed by atoms with Crippen molar-refractivity contribution >= 4 is 23.4 Å². The SMILES string of the molecule is CC1(C)CC(=O)N(Cc2cc(Cl)ccn2)C(=O)C1. The van der Waals surface area contributed by atoms with Crippen LogP contribution in [0.15, 0.2) is 18.3 Å². The number of likely N-dealkylation sites (tertiary alicyclic amines) is 1. The molecule has 0 atom stereocenters. The molecule has 0 aliphatic carbocycles. The standard InChI is InChI=1S/C13H15ClN2O2/c1-13(2)6-11(17)16(12(18)7-13)8-10-5-9(14)3-4-15-10/h3-5H,6-8H2,1-2H3.